The van der Waals surface area contributed by atoms with Crippen LogP contribution >= 0.6 is 0 Å². The Balaban J connectivity index is 1.52. The van der Waals surface area contributed by atoms with E-state index in [0.29, 0.717) is 76.1 Å². The maximum Gasteiger partial charge on any atom is 0.259 e. The Morgan fingerprint density at radius 2 is 1.98 bits per heavy atom. The summed E-state index contributed by atoms with van der Waals surface area (Å²) in [5.74, 6) is 1.26. The molecule has 0 bridgehead atoms. The molecule has 0 aliphatic carbocycles. The molecule has 1 unspecified atom stereocenters. The number of carbonyl (C=O) groups excluding carboxylic acids is 2. The third-order valence-electron chi connectivity index (χ3n) is 8.00. The lowest BCUT2D eigenvalue weighted by atomic mass is 9.92. The van der Waals surface area contributed by atoms with Gasteiger partial charge >= 0.3 is 0 Å². The number of benzene rings is 1. The second kappa shape index (κ2) is 15.1. The summed E-state index contributed by atoms with van der Waals surface area (Å²) in [6, 6.07) is 9.94. The number of amides is 2. The maximum absolute atomic E-state index is 14.3. The number of morpholine rings is 1. The van der Waals surface area contributed by atoms with Crippen molar-refractivity contribution < 1.29 is 19.1 Å². The zero-order valence-corrected chi connectivity index (χ0v) is 26.8. The fraction of sp³-hybridized carbons (Fsp3) is 0.636. The van der Waals surface area contributed by atoms with E-state index in [-0.39, 0.29) is 41.2 Å². The molecule has 10 heteroatoms. The molecular weight excluding hydrogens is 544 g/mol. The van der Waals surface area contributed by atoms with E-state index in [1.807, 2.05) is 40.1 Å². The summed E-state index contributed by atoms with van der Waals surface area (Å²) < 4.78 is 11.2. The Bertz CT molecular complexity index is 1200. The number of rotatable bonds is 11. The van der Waals surface area contributed by atoms with Crippen LogP contribution in [0.5, 0.6) is 0 Å². The molecule has 3 atom stereocenters. The Morgan fingerprint density at radius 3 is 2.67 bits per heavy atom. The summed E-state index contributed by atoms with van der Waals surface area (Å²) in [5.41, 5.74) is 1.28. The molecule has 2 amide bonds. The predicted octanol–water partition coefficient (Wildman–Crippen LogP) is 3.90. The number of piperidine rings is 1. The lowest BCUT2D eigenvalue weighted by molar-refractivity contribution is -0.144. The number of hydrogen-bond donors (Lipinski definition) is 2. The van der Waals surface area contributed by atoms with E-state index >= 15 is 0 Å². The highest BCUT2D eigenvalue weighted by molar-refractivity contribution is 5.98. The van der Waals surface area contributed by atoms with Crippen LogP contribution in [-0.4, -0.2) is 97.2 Å². The quantitative estimate of drug-likeness (QED) is 0.377. The molecule has 43 heavy (non-hydrogen) atoms. The van der Waals surface area contributed by atoms with Gasteiger partial charge in [-0.3, -0.25) is 9.59 Å². The van der Waals surface area contributed by atoms with Crippen LogP contribution in [0, 0.1) is 11.8 Å². The van der Waals surface area contributed by atoms with Crippen molar-refractivity contribution >= 4 is 17.6 Å². The Hall–Kier alpha value is -3.08. The topological polar surface area (TPSA) is 109 Å². The second-order valence-corrected chi connectivity index (χ2v) is 13.1. The average molecular weight is 595 g/mol. The third kappa shape index (κ3) is 8.74. The van der Waals surface area contributed by atoms with Crippen molar-refractivity contribution in [1.82, 2.24) is 25.1 Å². The van der Waals surface area contributed by atoms with Crippen LogP contribution in [0.15, 0.2) is 36.5 Å². The number of nitrogens with zero attached hydrogens (tertiary/aromatic N) is 4. The number of aromatic nitrogens is 2. The summed E-state index contributed by atoms with van der Waals surface area (Å²) in [6.07, 6.45) is 2.93. The molecule has 236 valence electrons. The van der Waals surface area contributed by atoms with E-state index in [0.717, 1.165) is 12.0 Å². The first-order valence-electron chi connectivity index (χ1n) is 15.7. The molecule has 4 rings (SSSR count). The molecule has 2 aliphatic rings. The first-order chi connectivity index (χ1) is 20.6. The molecule has 0 saturated carbocycles. The number of methoxy groups -OCH3 is 1. The Labute approximate surface area is 256 Å². The summed E-state index contributed by atoms with van der Waals surface area (Å²) in [4.78, 5) is 41.4. The van der Waals surface area contributed by atoms with Crippen molar-refractivity contribution in [3.8, 4) is 0 Å². The highest BCUT2D eigenvalue weighted by Crippen LogP contribution is 2.28. The van der Waals surface area contributed by atoms with Crippen molar-refractivity contribution in [2.75, 3.05) is 64.9 Å². The molecule has 2 N–H and O–H groups in total. The molecule has 2 fully saturated rings. The SMILES string of the molecule is COCCCNc1nc(C(C)(C)C)ncc1C(=O)N(CC(C)C)[C@@H]1CNC[C@H](C(=O)N2CCOC(c3ccccc3)C2)C1. The fourth-order valence-electron chi connectivity index (χ4n) is 5.73. The van der Waals surface area contributed by atoms with E-state index in [1.165, 1.54) is 0 Å². The number of hydrogen-bond acceptors (Lipinski definition) is 8. The van der Waals surface area contributed by atoms with Crippen LogP contribution in [0.25, 0.3) is 0 Å². The second-order valence-electron chi connectivity index (χ2n) is 13.1. The molecule has 2 saturated heterocycles. The summed E-state index contributed by atoms with van der Waals surface area (Å²) in [7, 11) is 1.68. The largest absolute Gasteiger partial charge is 0.385 e. The minimum atomic E-state index is -0.262. The van der Waals surface area contributed by atoms with E-state index in [9.17, 15) is 9.59 Å². The maximum atomic E-state index is 14.3. The van der Waals surface area contributed by atoms with E-state index in [4.69, 9.17) is 14.5 Å². The van der Waals surface area contributed by atoms with Gasteiger partial charge in [0, 0.05) is 64.1 Å². The van der Waals surface area contributed by atoms with Gasteiger partial charge in [-0.2, -0.15) is 0 Å². The first-order valence-corrected chi connectivity index (χ1v) is 15.7. The predicted molar refractivity (Wildman–Crippen MR) is 168 cm³/mol. The average Bonchev–Trinajstić information content (AvgIpc) is 3.01. The van der Waals surface area contributed by atoms with Gasteiger partial charge in [-0.25, -0.2) is 9.97 Å². The van der Waals surface area contributed by atoms with Gasteiger partial charge < -0.3 is 29.9 Å². The van der Waals surface area contributed by atoms with Crippen molar-refractivity contribution in [3.05, 3.63) is 53.5 Å². The van der Waals surface area contributed by atoms with Crippen molar-refractivity contribution in [2.24, 2.45) is 11.8 Å². The summed E-state index contributed by atoms with van der Waals surface area (Å²) in [6.45, 7) is 15.1. The minimum absolute atomic E-state index is 0.112. The van der Waals surface area contributed by atoms with E-state index < -0.39 is 0 Å². The third-order valence-corrected chi connectivity index (χ3v) is 8.00. The highest BCUT2D eigenvalue weighted by Gasteiger charge is 2.37. The van der Waals surface area contributed by atoms with Crippen LogP contribution in [0.3, 0.4) is 0 Å². The molecule has 10 nitrogen and oxygen atoms in total. The van der Waals surface area contributed by atoms with Gasteiger partial charge in [0.2, 0.25) is 5.91 Å². The van der Waals surface area contributed by atoms with E-state index in [2.05, 4.69) is 50.2 Å². The van der Waals surface area contributed by atoms with Gasteiger partial charge in [0.1, 0.15) is 23.3 Å². The van der Waals surface area contributed by atoms with Crippen molar-refractivity contribution in [2.45, 2.75) is 65.0 Å². The number of carbonyl (C=O) groups is 2. The van der Waals surface area contributed by atoms with Crippen LogP contribution in [0.1, 0.15) is 75.3 Å². The summed E-state index contributed by atoms with van der Waals surface area (Å²) >= 11 is 0. The van der Waals surface area contributed by atoms with Gasteiger partial charge in [-0.15, -0.1) is 0 Å². The molecule has 2 aromatic rings. The molecule has 2 aliphatic heterocycles. The first kappa shape index (κ1) is 32.8. The van der Waals surface area contributed by atoms with Crippen molar-refractivity contribution in [1.29, 1.82) is 0 Å². The molecule has 3 heterocycles. The number of nitrogens with one attached hydrogen (secondary N) is 2. The van der Waals surface area contributed by atoms with Gasteiger partial charge in [0.05, 0.1) is 19.1 Å². The number of anilines is 1. The molecule has 1 aromatic heterocycles. The minimum Gasteiger partial charge on any atom is -0.385 e. The van der Waals surface area contributed by atoms with Gasteiger partial charge in [-0.05, 0) is 24.3 Å². The van der Waals surface area contributed by atoms with Gasteiger partial charge in [0.15, 0.2) is 0 Å². The Morgan fingerprint density at radius 1 is 1.21 bits per heavy atom. The van der Waals surface area contributed by atoms with Crippen LogP contribution < -0.4 is 10.6 Å². The monoisotopic (exact) mass is 594 g/mol. The van der Waals surface area contributed by atoms with Crippen LogP contribution in [0.4, 0.5) is 5.82 Å². The smallest absolute Gasteiger partial charge is 0.259 e. The van der Waals surface area contributed by atoms with Gasteiger partial charge in [-0.1, -0.05) is 65.0 Å². The summed E-state index contributed by atoms with van der Waals surface area (Å²) in [5, 5.41) is 6.84. The molecule has 0 radical (unpaired) electrons. The number of ether oxygens (including phenoxy) is 2. The lowest BCUT2D eigenvalue weighted by Crippen LogP contribution is -2.56. The molecule has 0 spiro atoms. The van der Waals surface area contributed by atoms with Crippen LogP contribution in [-0.2, 0) is 19.7 Å². The standard InChI is InChI=1S/C33H50N6O4/c1-23(2)21-39(31(41)27-20-36-32(33(3,4)5)37-29(27)35-13-10-15-42-6)26-17-25(18-34-19-26)30(40)38-14-16-43-28(22-38)24-11-8-7-9-12-24/h7-9,11-12,20,23,25-26,28,34H,10,13-19,21-22H2,1-6H3,(H,35,36,37)/t25-,26+,28?/m1/s1. The Kier molecular flexibility index (Phi) is 11.5. The highest BCUT2D eigenvalue weighted by atomic mass is 16.5. The lowest BCUT2D eigenvalue weighted by Gasteiger charge is -2.41. The molecular formula is C33H50N6O4. The normalized spacial score (nSPS) is 21.1. The zero-order chi connectivity index (χ0) is 31.0. The molecule has 1 aromatic carbocycles. The van der Waals surface area contributed by atoms with E-state index in [1.54, 1.807) is 13.3 Å². The van der Waals surface area contributed by atoms with Crippen molar-refractivity contribution in [3.63, 3.8) is 0 Å². The zero-order valence-electron chi connectivity index (χ0n) is 26.8. The van der Waals surface area contributed by atoms with Crippen LogP contribution in [0.2, 0.25) is 0 Å². The fourth-order valence-corrected chi connectivity index (χ4v) is 5.73. The van der Waals surface area contributed by atoms with Gasteiger partial charge in [0.25, 0.3) is 5.91 Å².